The standard InChI is InChI=1S/C19H17N3O2S/c1-2-22-16-10-13(8-9-17(16)24-11-18(22)23)15-12-25-19(21-15)20-14-6-4-3-5-7-14/h3-10,12H,2,11H2,1H3,(H,20,21). The van der Waals surface area contributed by atoms with Gasteiger partial charge in [0.1, 0.15) is 5.75 Å². The highest BCUT2D eigenvalue weighted by atomic mass is 32.1. The van der Waals surface area contributed by atoms with Crippen molar-refractivity contribution >= 4 is 33.8 Å². The molecule has 0 saturated carbocycles. The molecular weight excluding hydrogens is 334 g/mol. The maximum atomic E-state index is 12.0. The summed E-state index contributed by atoms with van der Waals surface area (Å²) in [6, 6.07) is 15.8. The van der Waals surface area contributed by atoms with Crippen molar-refractivity contribution in [3.63, 3.8) is 0 Å². The largest absolute Gasteiger partial charge is 0.482 e. The van der Waals surface area contributed by atoms with Gasteiger partial charge in [-0.3, -0.25) is 4.79 Å². The summed E-state index contributed by atoms with van der Waals surface area (Å²) in [5.41, 5.74) is 3.65. The van der Waals surface area contributed by atoms with E-state index in [1.807, 2.05) is 60.8 Å². The minimum Gasteiger partial charge on any atom is -0.482 e. The van der Waals surface area contributed by atoms with E-state index in [0.717, 1.165) is 33.5 Å². The molecule has 5 nitrogen and oxygen atoms in total. The molecule has 25 heavy (non-hydrogen) atoms. The van der Waals surface area contributed by atoms with Crippen LogP contribution in [0.4, 0.5) is 16.5 Å². The van der Waals surface area contributed by atoms with Crippen molar-refractivity contribution in [1.29, 1.82) is 0 Å². The minimum atomic E-state index is -0.0168. The first-order valence-corrected chi connectivity index (χ1v) is 8.98. The number of nitrogens with zero attached hydrogens (tertiary/aromatic N) is 2. The summed E-state index contributed by atoms with van der Waals surface area (Å²) < 4.78 is 5.52. The summed E-state index contributed by atoms with van der Waals surface area (Å²) in [5, 5.41) is 6.14. The quantitative estimate of drug-likeness (QED) is 0.761. The maximum Gasteiger partial charge on any atom is 0.265 e. The lowest BCUT2D eigenvalue weighted by Crippen LogP contribution is -2.38. The average molecular weight is 351 g/mol. The van der Waals surface area contributed by atoms with Crippen LogP contribution in [0.5, 0.6) is 5.75 Å². The van der Waals surface area contributed by atoms with Gasteiger partial charge in [-0.15, -0.1) is 11.3 Å². The topological polar surface area (TPSA) is 54.5 Å². The maximum absolute atomic E-state index is 12.0. The Balaban J connectivity index is 1.63. The third-order valence-electron chi connectivity index (χ3n) is 4.04. The fraction of sp³-hybridized carbons (Fsp3) is 0.158. The summed E-state index contributed by atoms with van der Waals surface area (Å²) in [7, 11) is 0. The number of fused-ring (bicyclic) bond motifs is 1. The third kappa shape index (κ3) is 3.08. The molecule has 2 aromatic carbocycles. The van der Waals surface area contributed by atoms with E-state index >= 15 is 0 Å². The molecule has 0 unspecified atom stereocenters. The first-order chi connectivity index (χ1) is 12.2. The molecule has 1 N–H and O–H groups in total. The summed E-state index contributed by atoms with van der Waals surface area (Å²) in [5.74, 6) is 0.722. The van der Waals surface area contributed by atoms with Crippen LogP contribution in [-0.2, 0) is 4.79 Å². The van der Waals surface area contributed by atoms with Gasteiger partial charge in [0, 0.05) is 23.2 Å². The van der Waals surface area contributed by atoms with Crippen LogP contribution in [-0.4, -0.2) is 24.0 Å². The number of hydrogen-bond acceptors (Lipinski definition) is 5. The Bertz CT molecular complexity index is 908. The van der Waals surface area contributed by atoms with Crippen LogP contribution in [0.25, 0.3) is 11.3 Å². The van der Waals surface area contributed by atoms with E-state index in [9.17, 15) is 4.79 Å². The molecule has 6 heteroatoms. The number of amides is 1. The zero-order chi connectivity index (χ0) is 17.2. The number of likely N-dealkylation sites (N-methyl/N-ethyl adjacent to an activating group) is 1. The Morgan fingerprint density at radius 2 is 2.08 bits per heavy atom. The number of rotatable bonds is 4. The number of carbonyl (C=O) groups excluding carboxylic acids is 1. The second-order valence-corrected chi connectivity index (χ2v) is 6.50. The Kier molecular flexibility index (Phi) is 4.11. The molecular formula is C19H17N3O2S. The second kappa shape index (κ2) is 6.57. The molecule has 4 rings (SSSR count). The fourth-order valence-electron chi connectivity index (χ4n) is 2.82. The van der Waals surface area contributed by atoms with Crippen molar-refractivity contribution in [2.45, 2.75) is 6.92 Å². The zero-order valence-corrected chi connectivity index (χ0v) is 14.5. The van der Waals surface area contributed by atoms with Gasteiger partial charge in [-0.1, -0.05) is 18.2 Å². The van der Waals surface area contributed by atoms with E-state index in [2.05, 4.69) is 10.3 Å². The van der Waals surface area contributed by atoms with Crippen molar-refractivity contribution in [3.8, 4) is 17.0 Å². The van der Waals surface area contributed by atoms with Crippen molar-refractivity contribution in [1.82, 2.24) is 4.98 Å². The Labute approximate surface area is 149 Å². The predicted molar refractivity (Wildman–Crippen MR) is 101 cm³/mol. The molecule has 0 spiro atoms. The Hall–Kier alpha value is -2.86. The Morgan fingerprint density at radius 1 is 1.24 bits per heavy atom. The van der Waals surface area contributed by atoms with Gasteiger partial charge in [0.25, 0.3) is 5.91 Å². The van der Waals surface area contributed by atoms with Crippen molar-refractivity contribution < 1.29 is 9.53 Å². The van der Waals surface area contributed by atoms with Crippen LogP contribution in [0.2, 0.25) is 0 Å². The van der Waals surface area contributed by atoms with Crippen LogP contribution < -0.4 is 15.0 Å². The molecule has 1 aliphatic rings. The van der Waals surface area contributed by atoms with E-state index in [0.29, 0.717) is 6.54 Å². The van der Waals surface area contributed by atoms with Gasteiger partial charge in [0.15, 0.2) is 11.7 Å². The van der Waals surface area contributed by atoms with Gasteiger partial charge < -0.3 is 15.0 Å². The smallest absolute Gasteiger partial charge is 0.265 e. The number of thiazole rings is 1. The van der Waals surface area contributed by atoms with Gasteiger partial charge in [-0.05, 0) is 37.3 Å². The molecule has 1 aliphatic heterocycles. The number of para-hydroxylation sites is 1. The van der Waals surface area contributed by atoms with Gasteiger partial charge in [0.05, 0.1) is 11.4 Å². The highest BCUT2D eigenvalue weighted by Gasteiger charge is 2.24. The van der Waals surface area contributed by atoms with Crippen LogP contribution >= 0.6 is 11.3 Å². The molecule has 3 aromatic rings. The summed E-state index contributed by atoms with van der Waals surface area (Å²) in [6.07, 6.45) is 0. The molecule has 0 saturated heterocycles. The van der Waals surface area contributed by atoms with Crippen LogP contribution in [0.1, 0.15) is 6.92 Å². The second-order valence-electron chi connectivity index (χ2n) is 5.64. The first-order valence-electron chi connectivity index (χ1n) is 8.10. The molecule has 2 heterocycles. The molecule has 0 fully saturated rings. The first kappa shape index (κ1) is 15.7. The van der Waals surface area contributed by atoms with E-state index in [1.54, 1.807) is 16.2 Å². The van der Waals surface area contributed by atoms with Crippen LogP contribution in [0.15, 0.2) is 53.9 Å². The summed E-state index contributed by atoms with van der Waals surface area (Å²) in [6.45, 7) is 2.68. The molecule has 126 valence electrons. The lowest BCUT2D eigenvalue weighted by atomic mass is 10.1. The van der Waals surface area contributed by atoms with E-state index < -0.39 is 0 Å². The van der Waals surface area contributed by atoms with Gasteiger partial charge in [-0.2, -0.15) is 0 Å². The number of benzene rings is 2. The molecule has 0 bridgehead atoms. The molecule has 1 amide bonds. The number of ether oxygens (including phenoxy) is 1. The summed E-state index contributed by atoms with van der Waals surface area (Å²) >= 11 is 1.55. The molecule has 0 atom stereocenters. The molecule has 1 aromatic heterocycles. The lowest BCUT2D eigenvalue weighted by Gasteiger charge is -2.28. The number of nitrogens with one attached hydrogen (secondary N) is 1. The predicted octanol–water partition coefficient (Wildman–Crippen LogP) is 4.30. The monoisotopic (exact) mass is 351 g/mol. The van der Waals surface area contributed by atoms with Gasteiger partial charge >= 0.3 is 0 Å². The van der Waals surface area contributed by atoms with Gasteiger partial charge in [-0.25, -0.2) is 4.98 Å². The van der Waals surface area contributed by atoms with Gasteiger partial charge in [0.2, 0.25) is 0 Å². The summed E-state index contributed by atoms with van der Waals surface area (Å²) in [4.78, 5) is 18.4. The van der Waals surface area contributed by atoms with Crippen molar-refractivity contribution in [2.75, 3.05) is 23.4 Å². The van der Waals surface area contributed by atoms with Crippen molar-refractivity contribution in [2.24, 2.45) is 0 Å². The van der Waals surface area contributed by atoms with E-state index in [-0.39, 0.29) is 12.5 Å². The number of hydrogen-bond donors (Lipinski definition) is 1. The lowest BCUT2D eigenvalue weighted by molar-refractivity contribution is -0.121. The average Bonchev–Trinajstić information content (AvgIpc) is 3.10. The highest BCUT2D eigenvalue weighted by Crippen LogP contribution is 2.36. The van der Waals surface area contributed by atoms with Crippen LogP contribution in [0.3, 0.4) is 0 Å². The van der Waals surface area contributed by atoms with Crippen molar-refractivity contribution in [3.05, 3.63) is 53.9 Å². The fourth-order valence-corrected chi connectivity index (χ4v) is 3.56. The third-order valence-corrected chi connectivity index (χ3v) is 4.80. The number of carbonyl (C=O) groups is 1. The highest BCUT2D eigenvalue weighted by molar-refractivity contribution is 7.14. The van der Waals surface area contributed by atoms with Crippen LogP contribution in [0, 0.1) is 0 Å². The molecule has 0 radical (unpaired) electrons. The number of aromatic nitrogens is 1. The SMILES string of the molecule is CCN1C(=O)COc2ccc(-c3csc(Nc4ccccc4)n3)cc21. The minimum absolute atomic E-state index is 0.0168. The Morgan fingerprint density at radius 3 is 2.88 bits per heavy atom. The van der Waals surface area contributed by atoms with E-state index in [1.165, 1.54) is 0 Å². The van der Waals surface area contributed by atoms with E-state index in [4.69, 9.17) is 4.74 Å². The number of anilines is 3. The normalized spacial score (nSPS) is 13.3. The molecule has 0 aliphatic carbocycles. The zero-order valence-electron chi connectivity index (χ0n) is 13.7.